The highest BCUT2D eigenvalue weighted by atomic mass is 16.2. The van der Waals surface area contributed by atoms with E-state index in [0.717, 1.165) is 30.9 Å². The predicted molar refractivity (Wildman–Crippen MR) is 99.1 cm³/mol. The van der Waals surface area contributed by atoms with E-state index in [1.54, 1.807) is 11.1 Å². The summed E-state index contributed by atoms with van der Waals surface area (Å²) >= 11 is 0. The van der Waals surface area contributed by atoms with Crippen LogP contribution in [0.3, 0.4) is 0 Å². The zero-order valence-electron chi connectivity index (χ0n) is 14.8. The molecule has 2 heterocycles. The summed E-state index contributed by atoms with van der Waals surface area (Å²) in [7, 11) is 1.81. The lowest BCUT2D eigenvalue weighted by Crippen LogP contribution is -2.42. The molecule has 0 spiro atoms. The van der Waals surface area contributed by atoms with Gasteiger partial charge in [-0.3, -0.25) is 4.98 Å². The normalized spacial score (nSPS) is 15.7. The number of likely N-dealkylation sites (tertiary alicyclic amines) is 1. The van der Waals surface area contributed by atoms with Gasteiger partial charge >= 0.3 is 6.03 Å². The fourth-order valence-electron chi connectivity index (χ4n) is 3.21. The number of aromatic nitrogens is 1. The Morgan fingerprint density at radius 1 is 1.16 bits per heavy atom. The van der Waals surface area contributed by atoms with Gasteiger partial charge in [-0.25, -0.2) is 4.79 Å². The van der Waals surface area contributed by atoms with Gasteiger partial charge in [0.05, 0.1) is 18.3 Å². The Labute approximate surface area is 149 Å². The van der Waals surface area contributed by atoms with Crippen molar-refractivity contribution in [1.82, 2.24) is 20.1 Å². The molecule has 1 fully saturated rings. The lowest BCUT2D eigenvalue weighted by Gasteiger charge is -2.27. The van der Waals surface area contributed by atoms with E-state index >= 15 is 0 Å². The quantitative estimate of drug-likeness (QED) is 0.881. The summed E-state index contributed by atoms with van der Waals surface area (Å²) in [6.45, 7) is 3.58. The number of nitrogens with one attached hydrogen (secondary N) is 1. The number of nitrogens with zero attached hydrogens (tertiary/aromatic N) is 3. The van der Waals surface area contributed by atoms with Crippen LogP contribution in [0.4, 0.5) is 4.79 Å². The third-order valence-corrected chi connectivity index (χ3v) is 4.61. The SMILES string of the molecule is CN(Cc1ccccn1)C(=O)NC(CN1CCCC1)c1ccccc1. The molecule has 0 aliphatic carbocycles. The number of pyridine rings is 1. The number of amides is 2. The molecule has 1 N–H and O–H groups in total. The van der Waals surface area contributed by atoms with Crippen molar-refractivity contribution in [3.8, 4) is 0 Å². The Hall–Kier alpha value is -2.40. The Balaban J connectivity index is 1.65. The summed E-state index contributed by atoms with van der Waals surface area (Å²) in [5, 5.41) is 3.20. The fourth-order valence-corrected chi connectivity index (χ4v) is 3.21. The molecule has 1 aliphatic heterocycles. The molecule has 1 saturated heterocycles. The van der Waals surface area contributed by atoms with Crippen molar-refractivity contribution >= 4 is 6.03 Å². The maximum atomic E-state index is 12.7. The van der Waals surface area contributed by atoms with Crippen LogP contribution >= 0.6 is 0 Å². The van der Waals surface area contributed by atoms with Gasteiger partial charge in [-0.05, 0) is 43.6 Å². The molecule has 1 aromatic heterocycles. The Morgan fingerprint density at radius 2 is 1.88 bits per heavy atom. The van der Waals surface area contributed by atoms with E-state index in [1.165, 1.54) is 12.8 Å². The van der Waals surface area contributed by atoms with Crippen LogP contribution in [0.1, 0.15) is 30.1 Å². The van der Waals surface area contributed by atoms with Gasteiger partial charge in [0.2, 0.25) is 0 Å². The first-order chi connectivity index (χ1) is 12.2. The summed E-state index contributed by atoms with van der Waals surface area (Å²) < 4.78 is 0. The Kier molecular flexibility index (Phi) is 6.01. The van der Waals surface area contributed by atoms with E-state index in [-0.39, 0.29) is 12.1 Å². The smallest absolute Gasteiger partial charge is 0.318 e. The minimum Gasteiger partial charge on any atom is -0.330 e. The maximum Gasteiger partial charge on any atom is 0.318 e. The largest absolute Gasteiger partial charge is 0.330 e. The highest BCUT2D eigenvalue weighted by Crippen LogP contribution is 2.18. The second kappa shape index (κ2) is 8.62. The summed E-state index contributed by atoms with van der Waals surface area (Å²) in [6.07, 6.45) is 4.24. The second-order valence-electron chi connectivity index (χ2n) is 6.60. The van der Waals surface area contributed by atoms with Gasteiger partial charge in [0.15, 0.2) is 0 Å². The van der Waals surface area contributed by atoms with Gasteiger partial charge in [-0.1, -0.05) is 36.4 Å². The molecule has 2 aromatic rings. The Morgan fingerprint density at radius 3 is 2.56 bits per heavy atom. The standard InChI is InChI=1S/C20H26N4O/c1-23(15-18-11-5-6-12-21-18)20(25)22-19(16-24-13-7-8-14-24)17-9-3-2-4-10-17/h2-6,9-12,19H,7-8,13-16H2,1H3,(H,22,25). The van der Waals surface area contributed by atoms with Crippen LogP contribution in [0.15, 0.2) is 54.7 Å². The number of benzene rings is 1. The van der Waals surface area contributed by atoms with Crippen molar-refractivity contribution in [3.05, 3.63) is 66.0 Å². The van der Waals surface area contributed by atoms with E-state index in [2.05, 4.69) is 27.3 Å². The number of hydrogen-bond acceptors (Lipinski definition) is 3. The molecule has 0 bridgehead atoms. The molecule has 0 radical (unpaired) electrons. The fraction of sp³-hybridized carbons (Fsp3) is 0.400. The first kappa shape index (κ1) is 17.4. The van der Waals surface area contributed by atoms with Gasteiger partial charge in [0.1, 0.15) is 0 Å². The summed E-state index contributed by atoms with van der Waals surface area (Å²) in [6, 6.07) is 15.9. The van der Waals surface area contributed by atoms with Crippen LogP contribution < -0.4 is 5.32 Å². The molecule has 3 rings (SSSR count). The molecule has 2 amide bonds. The third kappa shape index (κ3) is 5.03. The van der Waals surface area contributed by atoms with Crippen molar-refractivity contribution in [3.63, 3.8) is 0 Å². The molecule has 132 valence electrons. The molecular formula is C20H26N4O. The van der Waals surface area contributed by atoms with Crippen LogP contribution in [-0.2, 0) is 6.54 Å². The average Bonchev–Trinajstić information content (AvgIpc) is 3.16. The third-order valence-electron chi connectivity index (χ3n) is 4.61. The summed E-state index contributed by atoms with van der Waals surface area (Å²) in [5.74, 6) is 0. The highest BCUT2D eigenvalue weighted by molar-refractivity contribution is 5.74. The number of carbonyl (C=O) groups excluding carboxylic acids is 1. The molecule has 1 unspecified atom stereocenters. The maximum absolute atomic E-state index is 12.7. The van der Waals surface area contributed by atoms with Gasteiger partial charge in [0.25, 0.3) is 0 Å². The van der Waals surface area contributed by atoms with E-state index in [9.17, 15) is 4.79 Å². The minimum atomic E-state index is -0.0706. The zero-order chi connectivity index (χ0) is 17.5. The average molecular weight is 338 g/mol. The van der Waals surface area contributed by atoms with Gasteiger partial charge in [0, 0.05) is 19.8 Å². The lowest BCUT2D eigenvalue weighted by atomic mass is 10.1. The summed E-state index contributed by atoms with van der Waals surface area (Å²) in [4.78, 5) is 21.1. The number of carbonyl (C=O) groups is 1. The van der Waals surface area contributed by atoms with Crippen molar-refractivity contribution in [2.45, 2.75) is 25.4 Å². The topological polar surface area (TPSA) is 48.5 Å². The molecule has 5 nitrogen and oxygen atoms in total. The van der Waals surface area contributed by atoms with E-state index in [0.29, 0.717) is 6.54 Å². The van der Waals surface area contributed by atoms with Crippen LogP contribution in [0.2, 0.25) is 0 Å². The molecule has 25 heavy (non-hydrogen) atoms. The van der Waals surface area contributed by atoms with Crippen molar-refractivity contribution in [2.75, 3.05) is 26.7 Å². The van der Waals surface area contributed by atoms with Crippen LogP contribution in [-0.4, -0.2) is 47.5 Å². The number of hydrogen-bond donors (Lipinski definition) is 1. The molecule has 0 saturated carbocycles. The van der Waals surface area contributed by atoms with E-state index < -0.39 is 0 Å². The van der Waals surface area contributed by atoms with Gasteiger partial charge < -0.3 is 15.1 Å². The van der Waals surface area contributed by atoms with E-state index in [1.807, 2.05) is 43.4 Å². The van der Waals surface area contributed by atoms with Crippen LogP contribution in [0.25, 0.3) is 0 Å². The monoisotopic (exact) mass is 338 g/mol. The van der Waals surface area contributed by atoms with Crippen molar-refractivity contribution in [1.29, 1.82) is 0 Å². The molecule has 1 aliphatic rings. The van der Waals surface area contributed by atoms with Crippen molar-refractivity contribution < 1.29 is 4.79 Å². The van der Waals surface area contributed by atoms with Crippen molar-refractivity contribution in [2.24, 2.45) is 0 Å². The summed E-state index contributed by atoms with van der Waals surface area (Å²) in [5.41, 5.74) is 2.03. The highest BCUT2D eigenvalue weighted by Gasteiger charge is 2.22. The van der Waals surface area contributed by atoms with Gasteiger partial charge in [-0.15, -0.1) is 0 Å². The lowest BCUT2D eigenvalue weighted by molar-refractivity contribution is 0.196. The van der Waals surface area contributed by atoms with Crippen LogP contribution in [0.5, 0.6) is 0 Å². The molecular weight excluding hydrogens is 312 g/mol. The molecule has 1 atom stereocenters. The molecule has 5 heteroatoms. The minimum absolute atomic E-state index is 0.00187. The second-order valence-corrected chi connectivity index (χ2v) is 6.60. The number of urea groups is 1. The van der Waals surface area contributed by atoms with Crippen LogP contribution in [0, 0.1) is 0 Å². The molecule has 1 aromatic carbocycles. The van der Waals surface area contributed by atoms with E-state index in [4.69, 9.17) is 0 Å². The first-order valence-corrected chi connectivity index (χ1v) is 8.91. The zero-order valence-corrected chi connectivity index (χ0v) is 14.8. The predicted octanol–water partition coefficient (Wildman–Crippen LogP) is 3.06. The Bertz CT molecular complexity index is 656. The number of rotatable bonds is 6. The first-order valence-electron chi connectivity index (χ1n) is 8.91. The van der Waals surface area contributed by atoms with Gasteiger partial charge in [-0.2, -0.15) is 0 Å².